The number of fused-ring (bicyclic) bond motifs is 1. The molecule has 1 aliphatic rings. The van der Waals surface area contributed by atoms with Gasteiger partial charge in [-0.3, -0.25) is 0 Å². The van der Waals surface area contributed by atoms with Crippen LogP contribution in [-0.2, 0) is 9.53 Å². The first-order valence-corrected chi connectivity index (χ1v) is 7.06. The molecule has 1 aliphatic heterocycles. The zero-order valence-corrected chi connectivity index (χ0v) is 12.8. The molecule has 0 bridgehead atoms. The maximum Gasteiger partial charge on any atom is 0.328 e. The number of methoxy groups -OCH3 is 1. The lowest BCUT2D eigenvalue weighted by molar-refractivity contribution is -0.143. The lowest BCUT2D eigenvalue weighted by Crippen LogP contribution is -2.46. The quantitative estimate of drug-likeness (QED) is 0.828. The van der Waals surface area contributed by atoms with Gasteiger partial charge in [0.1, 0.15) is 19.3 Å². The van der Waals surface area contributed by atoms with Gasteiger partial charge >= 0.3 is 12.0 Å². The topological polar surface area (TPSA) is 85.9 Å². The minimum atomic E-state index is -0.706. The molecule has 2 amide bonds. The molecule has 0 aliphatic carbocycles. The molecule has 0 saturated carbocycles. The van der Waals surface area contributed by atoms with Crippen LogP contribution in [0.5, 0.6) is 11.5 Å². The number of hydrogen-bond donors (Lipinski definition) is 2. The van der Waals surface area contributed by atoms with Gasteiger partial charge < -0.3 is 24.8 Å². The van der Waals surface area contributed by atoms with Crippen LogP contribution in [0.2, 0.25) is 0 Å². The molecule has 0 unspecified atom stereocenters. The lowest BCUT2D eigenvalue weighted by atomic mass is 10.1. The summed E-state index contributed by atoms with van der Waals surface area (Å²) in [5, 5.41) is 5.26. The highest BCUT2D eigenvalue weighted by Gasteiger charge is 2.25. The Bertz CT molecular complexity index is 559. The normalized spacial score (nSPS) is 14.2. The van der Waals surface area contributed by atoms with Crippen LogP contribution >= 0.6 is 0 Å². The molecule has 2 rings (SSSR count). The first kappa shape index (κ1) is 15.9. The highest BCUT2D eigenvalue weighted by molar-refractivity contribution is 5.92. The number of anilines is 1. The Labute approximate surface area is 128 Å². The summed E-state index contributed by atoms with van der Waals surface area (Å²) in [5.41, 5.74) is 0.550. The van der Waals surface area contributed by atoms with Gasteiger partial charge in [-0.25, -0.2) is 9.59 Å². The molecule has 22 heavy (non-hydrogen) atoms. The van der Waals surface area contributed by atoms with Crippen molar-refractivity contribution in [2.24, 2.45) is 5.92 Å². The summed E-state index contributed by atoms with van der Waals surface area (Å²) in [4.78, 5) is 23.6. The van der Waals surface area contributed by atoms with Crippen LogP contribution in [0.4, 0.5) is 10.5 Å². The summed E-state index contributed by atoms with van der Waals surface area (Å²) in [6.07, 6.45) is 0. The Kier molecular flexibility index (Phi) is 5.08. The first-order valence-electron chi connectivity index (χ1n) is 7.06. The number of amides is 2. The summed E-state index contributed by atoms with van der Waals surface area (Å²) >= 11 is 0. The van der Waals surface area contributed by atoms with Gasteiger partial charge in [-0.15, -0.1) is 0 Å². The van der Waals surface area contributed by atoms with Crippen LogP contribution in [0.1, 0.15) is 13.8 Å². The van der Waals surface area contributed by atoms with E-state index in [1.807, 2.05) is 13.8 Å². The molecule has 1 aromatic rings. The van der Waals surface area contributed by atoms with E-state index in [0.717, 1.165) is 0 Å². The molecule has 0 fully saturated rings. The van der Waals surface area contributed by atoms with Crippen molar-refractivity contribution in [3.8, 4) is 11.5 Å². The number of benzene rings is 1. The number of rotatable bonds is 4. The van der Waals surface area contributed by atoms with Crippen molar-refractivity contribution in [1.29, 1.82) is 0 Å². The van der Waals surface area contributed by atoms with Gasteiger partial charge in [0.05, 0.1) is 7.11 Å². The molecule has 0 aromatic heterocycles. The molecule has 0 saturated heterocycles. The van der Waals surface area contributed by atoms with Crippen LogP contribution in [-0.4, -0.2) is 38.4 Å². The molecule has 1 heterocycles. The second-order valence-corrected chi connectivity index (χ2v) is 5.20. The summed E-state index contributed by atoms with van der Waals surface area (Å²) in [5.74, 6) is 0.662. The van der Waals surface area contributed by atoms with Gasteiger partial charge in [0, 0.05) is 11.8 Å². The summed E-state index contributed by atoms with van der Waals surface area (Å²) in [6.45, 7) is 4.63. The van der Waals surface area contributed by atoms with Crippen molar-refractivity contribution in [1.82, 2.24) is 5.32 Å². The van der Waals surface area contributed by atoms with Gasteiger partial charge in [0.25, 0.3) is 0 Å². The molecule has 0 radical (unpaired) electrons. The van der Waals surface area contributed by atoms with E-state index in [-0.39, 0.29) is 5.92 Å². The third-order valence-electron chi connectivity index (χ3n) is 3.21. The second kappa shape index (κ2) is 7.02. The zero-order valence-electron chi connectivity index (χ0n) is 12.8. The SMILES string of the molecule is COC(=O)[C@H](NC(=O)Nc1ccc2c(c1)OCCO2)C(C)C. The zero-order chi connectivity index (χ0) is 16.1. The van der Waals surface area contributed by atoms with E-state index in [2.05, 4.69) is 15.4 Å². The standard InChI is InChI=1S/C15H20N2O5/c1-9(2)13(14(18)20-3)17-15(19)16-10-4-5-11-12(8-10)22-7-6-21-11/h4-5,8-9,13H,6-7H2,1-3H3,(H2,16,17,19)/t13-/m1/s1. The number of esters is 1. The number of carbonyl (C=O) groups excluding carboxylic acids is 2. The van der Waals surface area contributed by atoms with Gasteiger partial charge in [-0.2, -0.15) is 0 Å². The smallest absolute Gasteiger partial charge is 0.328 e. The fraction of sp³-hybridized carbons (Fsp3) is 0.467. The average molecular weight is 308 g/mol. The molecular formula is C15H20N2O5. The molecule has 1 aromatic carbocycles. The van der Waals surface area contributed by atoms with Gasteiger partial charge in [0.2, 0.25) is 0 Å². The lowest BCUT2D eigenvalue weighted by Gasteiger charge is -2.21. The number of ether oxygens (including phenoxy) is 3. The average Bonchev–Trinajstić information content (AvgIpc) is 2.51. The first-order chi connectivity index (χ1) is 10.5. The number of carbonyl (C=O) groups is 2. The molecule has 120 valence electrons. The summed E-state index contributed by atoms with van der Waals surface area (Å²) < 4.78 is 15.5. The summed E-state index contributed by atoms with van der Waals surface area (Å²) in [7, 11) is 1.29. The maximum absolute atomic E-state index is 12.0. The Morgan fingerprint density at radius 3 is 2.50 bits per heavy atom. The monoisotopic (exact) mass is 308 g/mol. The van der Waals surface area contributed by atoms with E-state index in [4.69, 9.17) is 9.47 Å². The van der Waals surface area contributed by atoms with E-state index in [1.54, 1.807) is 18.2 Å². The maximum atomic E-state index is 12.0. The van der Waals surface area contributed by atoms with E-state index in [1.165, 1.54) is 7.11 Å². The van der Waals surface area contributed by atoms with Crippen molar-refractivity contribution in [2.75, 3.05) is 25.6 Å². The Morgan fingerprint density at radius 2 is 1.86 bits per heavy atom. The van der Waals surface area contributed by atoms with Gasteiger partial charge in [0.15, 0.2) is 11.5 Å². The van der Waals surface area contributed by atoms with Crippen molar-refractivity contribution >= 4 is 17.7 Å². The number of urea groups is 1. The molecule has 0 spiro atoms. The molecular weight excluding hydrogens is 288 g/mol. The van der Waals surface area contributed by atoms with Crippen molar-refractivity contribution < 1.29 is 23.8 Å². The Hall–Kier alpha value is -2.44. The van der Waals surface area contributed by atoms with Crippen molar-refractivity contribution in [3.63, 3.8) is 0 Å². The van der Waals surface area contributed by atoms with E-state index in [9.17, 15) is 9.59 Å². The van der Waals surface area contributed by atoms with E-state index in [0.29, 0.717) is 30.4 Å². The van der Waals surface area contributed by atoms with Crippen LogP contribution in [0.3, 0.4) is 0 Å². The van der Waals surface area contributed by atoms with Crippen molar-refractivity contribution in [3.05, 3.63) is 18.2 Å². The number of hydrogen-bond acceptors (Lipinski definition) is 5. The predicted molar refractivity (Wildman–Crippen MR) is 80.2 cm³/mol. The van der Waals surface area contributed by atoms with E-state index < -0.39 is 18.0 Å². The second-order valence-electron chi connectivity index (χ2n) is 5.20. The van der Waals surface area contributed by atoms with Gasteiger partial charge in [-0.05, 0) is 18.1 Å². The molecule has 7 nitrogen and oxygen atoms in total. The van der Waals surface area contributed by atoms with Crippen LogP contribution in [0.15, 0.2) is 18.2 Å². The predicted octanol–water partition coefficient (Wildman–Crippen LogP) is 1.78. The Morgan fingerprint density at radius 1 is 1.18 bits per heavy atom. The minimum Gasteiger partial charge on any atom is -0.486 e. The number of nitrogens with one attached hydrogen (secondary N) is 2. The third kappa shape index (κ3) is 3.81. The van der Waals surface area contributed by atoms with Crippen LogP contribution in [0.25, 0.3) is 0 Å². The highest BCUT2D eigenvalue weighted by Crippen LogP contribution is 2.32. The van der Waals surface area contributed by atoms with Gasteiger partial charge in [-0.1, -0.05) is 13.8 Å². The van der Waals surface area contributed by atoms with Crippen LogP contribution in [0, 0.1) is 5.92 Å². The molecule has 1 atom stereocenters. The fourth-order valence-electron chi connectivity index (χ4n) is 2.05. The summed E-state index contributed by atoms with van der Waals surface area (Å²) in [6, 6.07) is 3.92. The minimum absolute atomic E-state index is 0.0848. The van der Waals surface area contributed by atoms with Crippen LogP contribution < -0.4 is 20.1 Å². The van der Waals surface area contributed by atoms with E-state index >= 15 is 0 Å². The molecule has 7 heteroatoms. The largest absolute Gasteiger partial charge is 0.486 e. The molecule has 2 N–H and O–H groups in total. The highest BCUT2D eigenvalue weighted by atomic mass is 16.6. The third-order valence-corrected chi connectivity index (χ3v) is 3.21. The van der Waals surface area contributed by atoms with Crippen molar-refractivity contribution in [2.45, 2.75) is 19.9 Å². The Balaban J connectivity index is 2.00. The fourth-order valence-corrected chi connectivity index (χ4v) is 2.05.